The molecule has 0 bridgehead atoms. The average molecular weight is 443 g/mol. The first-order chi connectivity index (χ1) is 14.5. The fourth-order valence-electron chi connectivity index (χ4n) is 3.78. The number of thioether (sulfide) groups is 1. The molecule has 158 valence electrons. The molecular formula is C22H26N4O2S2. The second kappa shape index (κ2) is 9.41. The number of benzene rings is 1. The lowest BCUT2D eigenvalue weighted by molar-refractivity contribution is -0.119. The maximum Gasteiger partial charge on any atom is 0.229 e. The second-order valence-electron chi connectivity index (χ2n) is 7.46. The molecular weight excluding hydrogens is 416 g/mol. The molecule has 0 N–H and O–H groups in total. The van der Waals surface area contributed by atoms with Gasteiger partial charge in [-0.05, 0) is 57.1 Å². The quantitative estimate of drug-likeness (QED) is 0.394. The summed E-state index contributed by atoms with van der Waals surface area (Å²) in [5.74, 6) is 0.0669. The van der Waals surface area contributed by atoms with E-state index < -0.39 is 0 Å². The average Bonchev–Trinajstić information content (AvgIpc) is 3.40. The standard InChI is InChI=1S/C22H26N4O2S2/c1-14-17(15(2)24-21(23-14)29-3)10-11-20(27)26(13-16-7-6-12-28-16)22-25-18-8-4-5-9-19(18)30-22/h4-5,8-9,16H,6-7,10-13H2,1-3H3. The third-order valence-electron chi connectivity index (χ3n) is 5.40. The van der Waals surface area contributed by atoms with Crippen molar-refractivity contribution in [2.75, 3.05) is 24.3 Å². The summed E-state index contributed by atoms with van der Waals surface area (Å²) in [6.07, 6.45) is 5.09. The highest BCUT2D eigenvalue weighted by molar-refractivity contribution is 7.98. The maximum absolute atomic E-state index is 13.3. The van der Waals surface area contributed by atoms with E-state index in [2.05, 4.69) is 9.97 Å². The van der Waals surface area contributed by atoms with Gasteiger partial charge in [-0.1, -0.05) is 35.2 Å². The third kappa shape index (κ3) is 4.66. The van der Waals surface area contributed by atoms with E-state index in [-0.39, 0.29) is 12.0 Å². The number of nitrogens with zero attached hydrogens (tertiary/aromatic N) is 4. The molecule has 0 saturated carbocycles. The van der Waals surface area contributed by atoms with Crippen molar-refractivity contribution in [1.82, 2.24) is 15.0 Å². The topological polar surface area (TPSA) is 68.2 Å². The number of amides is 1. The molecule has 1 amide bonds. The molecule has 0 radical (unpaired) electrons. The number of ether oxygens (including phenoxy) is 1. The normalized spacial score (nSPS) is 16.3. The zero-order valence-corrected chi connectivity index (χ0v) is 19.2. The van der Waals surface area contributed by atoms with Crippen molar-refractivity contribution in [1.29, 1.82) is 0 Å². The van der Waals surface area contributed by atoms with E-state index in [1.54, 1.807) is 11.3 Å². The molecule has 3 heterocycles. The van der Waals surface area contributed by atoms with Crippen molar-refractivity contribution in [3.8, 4) is 0 Å². The van der Waals surface area contributed by atoms with Crippen LogP contribution >= 0.6 is 23.1 Å². The fourth-order valence-corrected chi connectivity index (χ4v) is 5.23. The van der Waals surface area contributed by atoms with E-state index in [1.807, 2.05) is 49.3 Å². The molecule has 1 unspecified atom stereocenters. The molecule has 3 aromatic rings. The first kappa shape index (κ1) is 21.2. The molecule has 1 aromatic carbocycles. The summed E-state index contributed by atoms with van der Waals surface area (Å²) in [6.45, 7) is 5.31. The van der Waals surface area contributed by atoms with Crippen molar-refractivity contribution in [3.05, 3.63) is 41.2 Å². The van der Waals surface area contributed by atoms with E-state index in [1.165, 1.54) is 11.8 Å². The molecule has 0 aliphatic carbocycles. The molecule has 1 aliphatic heterocycles. The SMILES string of the molecule is CSc1nc(C)c(CCC(=O)N(CC2CCCO2)c2nc3ccccc3s2)c(C)n1. The zero-order chi connectivity index (χ0) is 21.1. The zero-order valence-electron chi connectivity index (χ0n) is 17.6. The summed E-state index contributed by atoms with van der Waals surface area (Å²) >= 11 is 3.09. The number of carbonyl (C=O) groups is 1. The Morgan fingerprint density at radius 3 is 2.67 bits per heavy atom. The summed E-state index contributed by atoms with van der Waals surface area (Å²) in [5.41, 5.74) is 3.88. The van der Waals surface area contributed by atoms with Crippen LogP contribution in [0.15, 0.2) is 29.4 Å². The molecule has 2 aromatic heterocycles. The maximum atomic E-state index is 13.3. The first-order valence-electron chi connectivity index (χ1n) is 10.2. The molecule has 8 heteroatoms. The summed E-state index contributed by atoms with van der Waals surface area (Å²) in [5, 5.41) is 1.52. The minimum atomic E-state index is 0.0669. The monoisotopic (exact) mass is 442 g/mol. The van der Waals surface area contributed by atoms with Gasteiger partial charge >= 0.3 is 0 Å². The van der Waals surface area contributed by atoms with E-state index in [0.29, 0.717) is 19.4 Å². The van der Waals surface area contributed by atoms with Crippen molar-refractivity contribution >= 4 is 44.4 Å². The Morgan fingerprint density at radius 1 is 1.23 bits per heavy atom. The molecule has 1 fully saturated rings. The molecule has 0 spiro atoms. The van der Waals surface area contributed by atoms with Gasteiger partial charge in [0.15, 0.2) is 10.3 Å². The van der Waals surface area contributed by atoms with Crippen LogP contribution in [-0.4, -0.2) is 46.4 Å². The Labute approximate surface area is 185 Å². The van der Waals surface area contributed by atoms with Crippen LogP contribution in [0.25, 0.3) is 10.2 Å². The lowest BCUT2D eigenvalue weighted by Crippen LogP contribution is -2.37. The number of aromatic nitrogens is 3. The third-order valence-corrected chi connectivity index (χ3v) is 7.00. The lowest BCUT2D eigenvalue weighted by Gasteiger charge is -2.23. The first-order valence-corrected chi connectivity index (χ1v) is 12.2. The predicted octanol–water partition coefficient (Wildman–Crippen LogP) is 4.57. The summed E-state index contributed by atoms with van der Waals surface area (Å²) in [7, 11) is 0. The van der Waals surface area contributed by atoms with Gasteiger partial charge in [-0.25, -0.2) is 15.0 Å². The van der Waals surface area contributed by atoms with Gasteiger partial charge in [0, 0.05) is 24.4 Å². The molecule has 1 atom stereocenters. The highest BCUT2D eigenvalue weighted by atomic mass is 32.2. The van der Waals surface area contributed by atoms with Crippen LogP contribution in [0.3, 0.4) is 0 Å². The van der Waals surface area contributed by atoms with Crippen molar-refractivity contribution < 1.29 is 9.53 Å². The van der Waals surface area contributed by atoms with Gasteiger partial charge in [0.2, 0.25) is 5.91 Å². The van der Waals surface area contributed by atoms with Gasteiger partial charge in [0.1, 0.15) is 0 Å². The number of hydrogen-bond acceptors (Lipinski definition) is 7. The molecule has 6 nitrogen and oxygen atoms in total. The molecule has 4 rings (SSSR count). The van der Waals surface area contributed by atoms with Crippen LogP contribution in [0.1, 0.15) is 36.2 Å². The van der Waals surface area contributed by atoms with E-state index in [4.69, 9.17) is 9.72 Å². The van der Waals surface area contributed by atoms with Gasteiger partial charge in [0.25, 0.3) is 0 Å². The van der Waals surface area contributed by atoms with Crippen LogP contribution in [-0.2, 0) is 16.0 Å². The molecule has 1 saturated heterocycles. The Morgan fingerprint density at radius 2 is 2.00 bits per heavy atom. The second-order valence-corrected chi connectivity index (χ2v) is 9.25. The van der Waals surface area contributed by atoms with Crippen molar-refractivity contribution in [2.24, 2.45) is 0 Å². The van der Waals surface area contributed by atoms with Gasteiger partial charge < -0.3 is 4.74 Å². The fraction of sp³-hybridized carbons (Fsp3) is 0.455. The van der Waals surface area contributed by atoms with E-state index in [9.17, 15) is 4.79 Å². The molecule has 1 aliphatic rings. The number of anilines is 1. The predicted molar refractivity (Wildman–Crippen MR) is 123 cm³/mol. The van der Waals surface area contributed by atoms with Gasteiger partial charge in [-0.2, -0.15) is 0 Å². The largest absolute Gasteiger partial charge is 0.376 e. The van der Waals surface area contributed by atoms with Gasteiger partial charge in [0.05, 0.1) is 22.9 Å². The number of rotatable bonds is 7. The Balaban J connectivity index is 1.55. The number of fused-ring (bicyclic) bond motifs is 1. The minimum absolute atomic E-state index is 0.0669. The van der Waals surface area contributed by atoms with Crippen LogP contribution < -0.4 is 4.90 Å². The van der Waals surface area contributed by atoms with E-state index in [0.717, 1.165) is 56.9 Å². The van der Waals surface area contributed by atoms with Crippen LogP contribution in [0.5, 0.6) is 0 Å². The summed E-state index contributed by atoms with van der Waals surface area (Å²) < 4.78 is 6.90. The van der Waals surface area contributed by atoms with Crippen molar-refractivity contribution in [2.45, 2.75) is 50.8 Å². The number of aryl methyl sites for hydroxylation is 2. The van der Waals surface area contributed by atoms with Crippen LogP contribution in [0.4, 0.5) is 5.13 Å². The highest BCUT2D eigenvalue weighted by Gasteiger charge is 2.26. The number of carbonyl (C=O) groups excluding carboxylic acids is 1. The Bertz CT molecular complexity index is 991. The minimum Gasteiger partial charge on any atom is -0.376 e. The van der Waals surface area contributed by atoms with Gasteiger partial charge in [-0.3, -0.25) is 9.69 Å². The molecule has 30 heavy (non-hydrogen) atoms. The smallest absolute Gasteiger partial charge is 0.229 e. The van der Waals surface area contributed by atoms with Crippen LogP contribution in [0, 0.1) is 13.8 Å². The number of para-hydroxylation sites is 1. The summed E-state index contributed by atoms with van der Waals surface area (Å²) in [4.78, 5) is 29.0. The highest BCUT2D eigenvalue weighted by Crippen LogP contribution is 2.30. The number of thiazole rings is 1. The lowest BCUT2D eigenvalue weighted by atomic mass is 10.1. The van der Waals surface area contributed by atoms with Gasteiger partial charge in [-0.15, -0.1) is 0 Å². The Kier molecular flexibility index (Phi) is 6.65. The summed E-state index contributed by atoms with van der Waals surface area (Å²) in [6, 6.07) is 8.01. The van der Waals surface area contributed by atoms with Crippen LogP contribution in [0.2, 0.25) is 0 Å². The number of hydrogen-bond donors (Lipinski definition) is 0. The Hall–Kier alpha value is -2.03. The van der Waals surface area contributed by atoms with Crippen molar-refractivity contribution in [3.63, 3.8) is 0 Å². The van der Waals surface area contributed by atoms with E-state index >= 15 is 0 Å².